The number of nitrogens with two attached hydrogens (primary N) is 1. The molecule has 7 nitrogen and oxygen atoms in total. The van der Waals surface area contributed by atoms with E-state index in [2.05, 4.69) is 15.4 Å². The van der Waals surface area contributed by atoms with E-state index in [-0.39, 0.29) is 30.4 Å². The molecule has 1 aromatic rings. The van der Waals surface area contributed by atoms with Gasteiger partial charge in [0.15, 0.2) is 0 Å². The first-order valence-corrected chi connectivity index (χ1v) is 6.66. The van der Waals surface area contributed by atoms with Crippen molar-refractivity contribution in [3.63, 3.8) is 0 Å². The van der Waals surface area contributed by atoms with Crippen molar-refractivity contribution in [3.05, 3.63) is 6.33 Å². The number of aromatic nitrogens is 3. The van der Waals surface area contributed by atoms with Crippen LogP contribution in [0.25, 0.3) is 0 Å². The maximum atomic E-state index is 11.8. The molecule has 0 bridgehead atoms. The summed E-state index contributed by atoms with van der Waals surface area (Å²) < 4.78 is 1.40. The molecule has 1 amide bonds. The van der Waals surface area contributed by atoms with Crippen molar-refractivity contribution in [2.45, 2.75) is 38.6 Å². The minimum Gasteiger partial charge on any atom is -0.396 e. The van der Waals surface area contributed by atoms with Crippen LogP contribution in [0.2, 0.25) is 0 Å². The Bertz CT molecular complexity index is 426. The fourth-order valence-electron chi connectivity index (χ4n) is 2.57. The predicted octanol–water partition coefficient (Wildman–Crippen LogP) is -0.0807. The molecule has 1 heterocycles. The summed E-state index contributed by atoms with van der Waals surface area (Å²) in [6, 6.07) is 0. The van der Waals surface area contributed by atoms with Crippen LogP contribution in [0.3, 0.4) is 0 Å². The van der Waals surface area contributed by atoms with Crippen LogP contribution in [0.4, 0.5) is 5.95 Å². The molecule has 0 saturated heterocycles. The largest absolute Gasteiger partial charge is 0.396 e. The summed E-state index contributed by atoms with van der Waals surface area (Å²) in [6.45, 7) is 0.752. The van der Waals surface area contributed by atoms with Crippen LogP contribution >= 0.6 is 0 Å². The topological polar surface area (TPSA) is 106 Å². The number of nitrogen functional groups attached to an aromatic ring is 1. The van der Waals surface area contributed by atoms with E-state index < -0.39 is 0 Å². The molecule has 0 atom stereocenters. The number of carbonyl (C=O) groups excluding carboxylic acids is 1. The van der Waals surface area contributed by atoms with Gasteiger partial charge in [-0.2, -0.15) is 0 Å². The maximum absolute atomic E-state index is 11.8. The second kappa shape index (κ2) is 6.01. The van der Waals surface area contributed by atoms with Crippen LogP contribution in [0.5, 0.6) is 0 Å². The van der Waals surface area contributed by atoms with Gasteiger partial charge in [0.1, 0.15) is 12.9 Å². The molecule has 19 heavy (non-hydrogen) atoms. The van der Waals surface area contributed by atoms with Gasteiger partial charge in [-0.25, -0.2) is 9.67 Å². The zero-order valence-corrected chi connectivity index (χ0v) is 11.0. The van der Waals surface area contributed by atoms with E-state index in [4.69, 9.17) is 5.73 Å². The van der Waals surface area contributed by atoms with Gasteiger partial charge in [-0.15, -0.1) is 5.10 Å². The van der Waals surface area contributed by atoms with Gasteiger partial charge in [0.05, 0.1) is 6.61 Å². The second-order valence-electron chi connectivity index (χ2n) is 5.30. The minimum atomic E-state index is -0.144. The van der Waals surface area contributed by atoms with Crippen LogP contribution in [0.1, 0.15) is 32.1 Å². The van der Waals surface area contributed by atoms with Gasteiger partial charge in [0.25, 0.3) is 0 Å². The number of carbonyl (C=O) groups is 1. The maximum Gasteiger partial charge on any atom is 0.241 e. The summed E-state index contributed by atoms with van der Waals surface area (Å²) in [5, 5.41) is 16.3. The summed E-state index contributed by atoms with van der Waals surface area (Å²) in [5.74, 6) is 0.0233. The van der Waals surface area contributed by atoms with Gasteiger partial charge in [-0.05, 0) is 12.8 Å². The van der Waals surface area contributed by atoms with Crippen molar-refractivity contribution in [1.82, 2.24) is 20.1 Å². The number of nitrogens with zero attached hydrogens (tertiary/aromatic N) is 3. The van der Waals surface area contributed by atoms with Crippen molar-refractivity contribution >= 4 is 11.9 Å². The number of rotatable bonds is 5. The van der Waals surface area contributed by atoms with Crippen LogP contribution < -0.4 is 11.1 Å². The molecule has 4 N–H and O–H groups in total. The lowest BCUT2D eigenvalue weighted by atomic mass is 9.74. The average Bonchev–Trinajstić information content (AvgIpc) is 2.83. The number of anilines is 1. The lowest BCUT2D eigenvalue weighted by Gasteiger charge is -2.35. The average molecular weight is 267 g/mol. The van der Waals surface area contributed by atoms with E-state index in [1.807, 2.05) is 0 Å². The third-order valence-corrected chi connectivity index (χ3v) is 3.77. The molecule has 0 unspecified atom stereocenters. The van der Waals surface area contributed by atoms with Gasteiger partial charge in [0, 0.05) is 12.0 Å². The third-order valence-electron chi connectivity index (χ3n) is 3.77. The molecule has 0 aromatic carbocycles. The fraction of sp³-hybridized carbons (Fsp3) is 0.750. The summed E-state index contributed by atoms with van der Waals surface area (Å²) in [4.78, 5) is 15.6. The number of aliphatic hydroxyl groups is 1. The molecule has 2 rings (SSSR count). The number of amides is 1. The van der Waals surface area contributed by atoms with Crippen molar-refractivity contribution in [2.75, 3.05) is 18.9 Å². The Morgan fingerprint density at radius 1 is 1.47 bits per heavy atom. The Balaban J connectivity index is 1.82. The van der Waals surface area contributed by atoms with Crippen LogP contribution in [-0.2, 0) is 11.3 Å². The number of hydrogen-bond donors (Lipinski definition) is 3. The van der Waals surface area contributed by atoms with E-state index in [1.165, 1.54) is 17.4 Å². The van der Waals surface area contributed by atoms with Gasteiger partial charge >= 0.3 is 0 Å². The Hall–Kier alpha value is -1.63. The summed E-state index contributed by atoms with van der Waals surface area (Å²) in [6.07, 6.45) is 6.83. The lowest BCUT2D eigenvalue weighted by Crippen LogP contribution is -2.42. The summed E-state index contributed by atoms with van der Waals surface area (Å²) in [7, 11) is 0. The van der Waals surface area contributed by atoms with E-state index >= 15 is 0 Å². The highest BCUT2D eigenvalue weighted by atomic mass is 16.3. The normalized spacial score (nSPS) is 18.2. The molecule has 1 fully saturated rings. The highest BCUT2D eigenvalue weighted by Gasteiger charge is 2.31. The molecule has 1 aromatic heterocycles. The van der Waals surface area contributed by atoms with E-state index in [0.29, 0.717) is 6.54 Å². The predicted molar refractivity (Wildman–Crippen MR) is 70.0 cm³/mol. The standard InChI is InChI=1S/C12H21N5O2/c13-11-15-9-17(16-11)6-10(19)14-7-12(8-18)4-2-1-3-5-12/h9,18H,1-8H2,(H2,13,16)(H,14,19). The molecule has 1 saturated carbocycles. The molecule has 0 aliphatic heterocycles. The van der Waals surface area contributed by atoms with Gasteiger partial charge < -0.3 is 16.2 Å². The van der Waals surface area contributed by atoms with Crippen molar-refractivity contribution in [2.24, 2.45) is 5.41 Å². The van der Waals surface area contributed by atoms with Crippen LogP contribution in [-0.4, -0.2) is 38.9 Å². The SMILES string of the molecule is Nc1ncn(CC(=O)NCC2(CO)CCCCC2)n1. The summed E-state index contributed by atoms with van der Waals surface area (Å²) in [5.41, 5.74) is 5.24. The molecular weight excluding hydrogens is 246 g/mol. The Labute approximate surface area is 112 Å². The summed E-state index contributed by atoms with van der Waals surface area (Å²) >= 11 is 0. The number of nitrogens with one attached hydrogen (secondary N) is 1. The van der Waals surface area contributed by atoms with Crippen molar-refractivity contribution in [1.29, 1.82) is 0 Å². The Morgan fingerprint density at radius 2 is 2.21 bits per heavy atom. The lowest BCUT2D eigenvalue weighted by molar-refractivity contribution is -0.122. The molecule has 0 spiro atoms. The monoisotopic (exact) mass is 267 g/mol. The van der Waals surface area contributed by atoms with Crippen LogP contribution in [0, 0.1) is 5.41 Å². The molecular formula is C12H21N5O2. The first kappa shape index (κ1) is 13.8. The molecule has 0 radical (unpaired) electrons. The van der Waals surface area contributed by atoms with Crippen molar-refractivity contribution < 1.29 is 9.90 Å². The Kier molecular flexibility index (Phi) is 4.36. The molecule has 7 heteroatoms. The number of aliphatic hydroxyl groups excluding tert-OH is 1. The first-order valence-electron chi connectivity index (χ1n) is 6.66. The fourth-order valence-corrected chi connectivity index (χ4v) is 2.57. The van der Waals surface area contributed by atoms with Crippen molar-refractivity contribution in [3.8, 4) is 0 Å². The van der Waals surface area contributed by atoms with E-state index in [0.717, 1.165) is 25.7 Å². The van der Waals surface area contributed by atoms with E-state index in [9.17, 15) is 9.90 Å². The van der Waals surface area contributed by atoms with Gasteiger partial charge in [0.2, 0.25) is 11.9 Å². The zero-order chi connectivity index (χ0) is 13.7. The number of hydrogen-bond acceptors (Lipinski definition) is 5. The van der Waals surface area contributed by atoms with Gasteiger partial charge in [-0.3, -0.25) is 4.79 Å². The minimum absolute atomic E-state index is 0.103. The zero-order valence-electron chi connectivity index (χ0n) is 11.0. The molecule has 1 aliphatic carbocycles. The quantitative estimate of drug-likeness (QED) is 0.692. The van der Waals surface area contributed by atoms with E-state index in [1.54, 1.807) is 0 Å². The molecule has 1 aliphatic rings. The first-order chi connectivity index (χ1) is 9.13. The van der Waals surface area contributed by atoms with Gasteiger partial charge in [-0.1, -0.05) is 19.3 Å². The highest BCUT2D eigenvalue weighted by Crippen LogP contribution is 2.35. The smallest absolute Gasteiger partial charge is 0.241 e. The highest BCUT2D eigenvalue weighted by molar-refractivity contribution is 5.75. The third kappa shape index (κ3) is 3.66. The second-order valence-corrected chi connectivity index (χ2v) is 5.30. The van der Waals surface area contributed by atoms with Crippen LogP contribution in [0.15, 0.2) is 6.33 Å². The Morgan fingerprint density at radius 3 is 2.79 bits per heavy atom. The molecule has 106 valence electrons.